The minimum absolute atomic E-state index is 0.712. The van der Waals surface area contributed by atoms with E-state index in [2.05, 4.69) is 20.8 Å². The van der Waals surface area contributed by atoms with Crippen LogP contribution in [-0.2, 0) is 0 Å². The van der Waals surface area contributed by atoms with Crippen LogP contribution in [-0.4, -0.2) is 38.5 Å². The molecular weight excluding hydrogens is 282 g/mol. The summed E-state index contributed by atoms with van der Waals surface area (Å²) in [5.74, 6) is 0.990. The fourth-order valence-electron chi connectivity index (χ4n) is 2.71. The zero-order valence-electron chi connectivity index (χ0n) is 12.1. The molecule has 6 heteroatoms. The van der Waals surface area contributed by atoms with E-state index in [9.17, 15) is 0 Å². The highest BCUT2D eigenvalue weighted by molar-refractivity contribution is 7.99. The van der Waals surface area contributed by atoms with Gasteiger partial charge in [0.15, 0.2) is 0 Å². The van der Waals surface area contributed by atoms with Gasteiger partial charge in [-0.2, -0.15) is 4.68 Å². The molecule has 112 valence electrons. The van der Waals surface area contributed by atoms with Crippen LogP contribution in [0.15, 0.2) is 35.5 Å². The lowest BCUT2D eigenvalue weighted by atomic mass is 9.96. The average molecular weight is 303 g/mol. The lowest BCUT2D eigenvalue weighted by Gasteiger charge is -2.22. The van der Waals surface area contributed by atoms with Crippen LogP contribution in [0, 0.1) is 0 Å². The number of hydrogen-bond acceptors (Lipinski definition) is 5. The van der Waals surface area contributed by atoms with Gasteiger partial charge in [0.25, 0.3) is 0 Å². The molecule has 0 bridgehead atoms. The molecule has 0 atom stereocenters. The third-order valence-corrected chi connectivity index (χ3v) is 4.73. The Hall–Kier alpha value is -1.40. The van der Waals surface area contributed by atoms with Gasteiger partial charge in [-0.25, -0.2) is 0 Å². The first-order valence-corrected chi connectivity index (χ1v) is 8.62. The predicted octanol–water partition coefficient (Wildman–Crippen LogP) is 2.68. The molecule has 0 spiro atoms. The standard InChI is InChI=1S/C15H21N5S/c1-3-7-13(8-4-1)16-11-12-21-15-17-18-19-20(15)14-9-5-2-6-10-14/h2,5-6,9-10,13,16H,1,3-4,7-8,11-12H2. The average Bonchev–Trinajstić information content (AvgIpc) is 3.02. The van der Waals surface area contributed by atoms with Crippen LogP contribution < -0.4 is 5.32 Å². The van der Waals surface area contributed by atoms with Gasteiger partial charge in [-0.1, -0.05) is 49.2 Å². The van der Waals surface area contributed by atoms with Crippen molar-refractivity contribution in [3.63, 3.8) is 0 Å². The van der Waals surface area contributed by atoms with Crippen molar-refractivity contribution in [3.05, 3.63) is 30.3 Å². The summed E-state index contributed by atoms with van der Waals surface area (Å²) < 4.78 is 1.80. The van der Waals surface area contributed by atoms with Crippen molar-refractivity contribution in [2.24, 2.45) is 0 Å². The molecule has 0 amide bonds. The van der Waals surface area contributed by atoms with Gasteiger partial charge in [-0.3, -0.25) is 0 Å². The van der Waals surface area contributed by atoms with E-state index in [1.807, 2.05) is 30.3 Å². The molecule has 0 radical (unpaired) electrons. The number of rotatable bonds is 6. The maximum absolute atomic E-state index is 4.11. The smallest absolute Gasteiger partial charge is 0.214 e. The summed E-state index contributed by atoms with van der Waals surface area (Å²) in [6.45, 7) is 1.01. The predicted molar refractivity (Wildman–Crippen MR) is 84.8 cm³/mol. The number of aromatic nitrogens is 4. The van der Waals surface area contributed by atoms with Crippen LogP contribution in [0.5, 0.6) is 0 Å². The molecule has 1 heterocycles. The Morgan fingerprint density at radius 1 is 1.14 bits per heavy atom. The lowest BCUT2D eigenvalue weighted by Crippen LogP contribution is -2.32. The van der Waals surface area contributed by atoms with E-state index in [0.717, 1.165) is 23.1 Å². The van der Waals surface area contributed by atoms with Gasteiger partial charge in [0, 0.05) is 18.3 Å². The van der Waals surface area contributed by atoms with Gasteiger partial charge < -0.3 is 5.32 Å². The van der Waals surface area contributed by atoms with Gasteiger partial charge in [0.2, 0.25) is 5.16 Å². The van der Waals surface area contributed by atoms with Gasteiger partial charge in [0.05, 0.1) is 5.69 Å². The molecule has 0 aliphatic heterocycles. The molecule has 1 aromatic carbocycles. The van der Waals surface area contributed by atoms with Crippen molar-refractivity contribution in [2.75, 3.05) is 12.3 Å². The van der Waals surface area contributed by atoms with Crippen molar-refractivity contribution < 1.29 is 0 Å². The van der Waals surface area contributed by atoms with Crippen LogP contribution >= 0.6 is 11.8 Å². The molecule has 1 saturated carbocycles. The number of thioether (sulfide) groups is 1. The Morgan fingerprint density at radius 3 is 2.76 bits per heavy atom. The Labute approximate surface area is 129 Å². The molecule has 0 unspecified atom stereocenters. The SMILES string of the molecule is c1ccc(-n2nnnc2SCCNC2CCCCC2)cc1. The quantitative estimate of drug-likeness (QED) is 0.657. The zero-order chi connectivity index (χ0) is 14.3. The summed E-state index contributed by atoms with van der Waals surface area (Å²) in [4.78, 5) is 0. The lowest BCUT2D eigenvalue weighted by molar-refractivity contribution is 0.381. The normalized spacial score (nSPS) is 16.2. The fourth-order valence-corrected chi connectivity index (χ4v) is 3.47. The first-order valence-electron chi connectivity index (χ1n) is 7.63. The minimum Gasteiger partial charge on any atom is -0.313 e. The van der Waals surface area contributed by atoms with E-state index in [1.54, 1.807) is 16.4 Å². The van der Waals surface area contributed by atoms with Crippen molar-refractivity contribution in [1.29, 1.82) is 0 Å². The molecule has 21 heavy (non-hydrogen) atoms. The van der Waals surface area contributed by atoms with E-state index in [-0.39, 0.29) is 0 Å². The molecule has 1 fully saturated rings. The van der Waals surface area contributed by atoms with Crippen LogP contribution in [0.4, 0.5) is 0 Å². The second-order valence-electron chi connectivity index (χ2n) is 5.35. The molecule has 5 nitrogen and oxygen atoms in total. The Morgan fingerprint density at radius 2 is 1.95 bits per heavy atom. The molecule has 1 aromatic heterocycles. The third-order valence-electron chi connectivity index (χ3n) is 3.81. The van der Waals surface area contributed by atoms with Crippen LogP contribution in [0.25, 0.3) is 5.69 Å². The topological polar surface area (TPSA) is 55.6 Å². The summed E-state index contributed by atoms with van der Waals surface area (Å²) in [5, 5.41) is 16.5. The highest BCUT2D eigenvalue weighted by Crippen LogP contribution is 2.19. The highest BCUT2D eigenvalue weighted by Gasteiger charge is 2.13. The maximum Gasteiger partial charge on any atom is 0.214 e. The van der Waals surface area contributed by atoms with Crippen molar-refractivity contribution in [2.45, 2.75) is 43.3 Å². The zero-order valence-corrected chi connectivity index (χ0v) is 12.9. The van der Waals surface area contributed by atoms with E-state index in [1.165, 1.54) is 32.1 Å². The second kappa shape index (κ2) is 7.56. The number of hydrogen-bond donors (Lipinski definition) is 1. The number of tetrazole rings is 1. The first-order chi connectivity index (χ1) is 10.4. The Bertz CT molecular complexity index is 536. The monoisotopic (exact) mass is 303 g/mol. The Balaban J connectivity index is 1.49. The third kappa shape index (κ3) is 4.04. The van der Waals surface area contributed by atoms with Crippen molar-refractivity contribution >= 4 is 11.8 Å². The largest absolute Gasteiger partial charge is 0.313 e. The van der Waals surface area contributed by atoms with Gasteiger partial charge in [0.1, 0.15) is 0 Å². The summed E-state index contributed by atoms with van der Waals surface area (Å²) in [7, 11) is 0. The molecule has 1 N–H and O–H groups in total. The number of nitrogens with one attached hydrogen (secondary N) is 1. The van der Waals surface area contributed by atoms with E-state index < -0.39 is 0 Å². The summed E-state index contributed by atoms with van der Waals surface area (Å²) in [6.07, 6.45) is 6.80. The summed E-state index contributed by atoms with van der Waals surface area (Å²) in [6, 6.07) is 10.7. The van der Waals surface area contributed by atoms with Gasteiger partial charge in [-0.05, 0) is 35.4 Å². The van der Waals surface area contributed by atoms with Crippen molar-refractivity contribution in [1.82, 2.24) is 25.5 Å². The first kappa shape index (κ1) is 14.5. The molecule has 1 aliphatic rings. The Kier molecular flexibility index (Phi) is 5.23. The maximum atomic E-state index is 4.11. The van der Waals surface area contributed by atoms with Crippen molar-refractivity contribution in [3.8, 4) is 5.69 Å². The molecule has 3 rings (SSSR count). The van der Waals surface area contributed by atoms with Crippen LogP contribution in [0.3, 0.4) is 0 Å². The second-order valence-corrected chi connectivity index (χ2v) is 6.41. The van der Waals surface area contributed by atoms with Gasteiger partial charge >= 0.3 is 0 Å². The summed E-state index contributed by atoms with van der Waals surface area (Å²) >= 11 is 1.70. The van der Waals surface area contributed by atoms with Crippen LogP contribution in [0.2, 0.25) is 0 Å². The number of nitrogens with zero attached hydrogens (tertiary/aromatic N) is 4. The molecule has 0 saturated heterocycles. The number of benzene rings is 1. The highest BCUT2D eigenvalue weighted by atomic mass is 32.2. The molecular formula is C15H21N5S. The summed E-state index contributed by atoms with van der Waals surface area (Å²) in [5.41, 5.74) is 1.00. The fraction of sp³-hybridized carbons (Fsp3) is 0.533. The molecule has 1 aliphatic carbocycles. The van der Waals surface area contributed by atoms with E-state index in [0.29, 0.717) is 6.04 Å². The van der Waals surface area contributed by atoms with Crippen LogP contribution in [0.1, 0.15) is 32.1 Å². The minimum atomic E-state index is 0.712. The van der Waals surface area contributed by atoms with E-state index >= 15 is 0 Å². The van der Waals surface area contributed by atoms with E-state index in [4.69, 9.17) is 0 Å². The number of para-hydroxylation sites is 1. The molecule has 2 aromatic rings. The van der Waals surface area contributed by atoms with Gasteiger partial charge in [-0.15, -0.1) is 5.10 Å².